The summed E-state index contributed by atoms with van der Waals surface area (Å²) in [5.41, 5.74) is 7.88. The number of nitrogens with two attached hydrogens (primary N) is 1. The van der Waals surface area contributed by atoms with Gasteiger partial charge in [0.25, 0.3) is 0 Å². The zero-order chi connectivity index (χ0) is 11.8. The Morgan fingerprint density at radius 2 is 2.31 bits per heavy atom. The smallest absolute Gasteiger partial charge is 0.217 e. The van der Waals surface area contributed by atoms with E-state index in [1.54, 1.807) is 0 Å². The number of benzene rings is 1. The van der Waals surface area contributed by atoms with E-state index in [0.717, 1.165) is 12.0 Å². The van der Waals surface area contributed by atoms with Crippen LogP contribution in [0.1, 0.15) is 18.1 Å². The first kappa shape index (κ1) is 12.5. The molecule has 0 aliphatic rings. The van der Waals surface area contributed by atoms with Gasteiger partial charge in [0.05, 0.1) is 0 Å². The summed E-state index contributed by atoms with van der Waals surface area (Å²) < 4.78 is 0. The predicted molar refractivity (Wildman–Crippen MR) is 66.9 cm³/mol. The Kier molecular flexibility index (Phi) is 5.29. The van der Waals surface area contributed by atoms with Crippen LogP contribution in [0.4, 0.5) is 0 Å². The minimum Gasteiger partial charge on any atom is -0.353 e. The standard InChI is InChI=1S/C13H18N2O/c1-11(16)15-9-3-6-12-4-2-5-13(10-12)7-8-14/h2-6,10H,7-9,14H2,1H3,(H,15,16). The van der Waals surface area contributed by atoms with Gasteiger partial charge in [-0.15, -0.1) is 0 Å². The first-order chi connectivity index (χ1) is 7.72. The van der Waals surface area contributed by atoms with Gasteiger partial charge in [-0.25, -0.2) is 0 Å². The molecule has 0 aliphatic carbocycles. The molecule has 86 valence electrons. The molecule has 0 radical (unpaired) electrons. The highest BCUT2D eigenvalue weighted by Crippen LogP contribution is 2.07. The molecule has 0 saturated heterocycles. The van der Waals surface area contributed by atoms with Crippen molar-refractivity contribution < 1.29 is 4.79 Å². The summed E-state index contributed by atoms with van der Waals surface area (Å²) in [6.07, 6.45) is 4.83. The van der Waals surface area contributed by atoms with Crippen LogP contribution in [0.3, 0.4) is 0 Å². The Labute approximate surface area is 96.3 Å². The van der Waals surface area contributed by atoms with Gasteiger partial charge in [-0.05, 0) is 24.1 Å². The van der Waals surface area contributed by atoms with Gasteiger partial charge in [-0.1, -0.05) is 36.4 Å². The van der Waals surface area contributed by atoms with E-state index in [4.69, 9.17) is 5.73 Å². The van der Waals surface area contributed by atoms with Gasteiger partial charge >= 0.3 is 0 Å². The molecule has 0 spiro atoms. The summed E-state index contributed by atoms with van der Waals surface area (Å²) in [5, 5.41) is 2.71. The Bertz CT molecular complexity index is 372. The van der Waals surface area contributed by atoms with Crippen LogP contribution in [0.25, 0.3) is 6.08 Å². The second-order valence-corrected chi connectivity index (χ2v) is 3.62. The van der Waals surface area contributed by atoms with Crippen LogP contribution in [-0.4, -0.2) is 19.0 Å². The van der Waals surface area contributed by atoms with E-state index in [9.17, 15) is 4.79 Å². The summed E-state index contributed by atoms with van der Waals surface area (Å²) in [6, 6.07) is 8.22. The van der Waals surface area contributed by atoms with E-state index in [-0.39, 0.29) is 5.91 Å². The lowest BCUT2D eigenvalue weighted by Crippen LogP contribution is -2.19. The number of amides is 1. The molecule has 3 heteroatoms. The van der Waals surface area contributed by atoms with Crippen LogP contribution in [0.2, 0.25) is 0 Å². The van der Waals surface area contributed by atoms with Gasteiger partial charge in [0.2, 0.25) is 5.91 Å². The first-order valence-electron chi connectivity index (χ1n) is 5.42. The van der Waals surface area contributed by atoms with Crippen molar-refractivity contribution in [1.82, 2.24) is 5.32 Å². The van der Waals surface area contributed by atoms with Crippen molar-refractivity contribution in [1.29, 1.82) is 0 Å². The zero-order valence-electron chi connectivity index (χ0n) is 9.57. The van der Waals surface area contributed by atoms with E-state index in [1.807, 2.05) is 24.3 Å². The fraction of sp³-hybridized carbons (Fsp3) is 0.308. The van der Waals surface area contributed by atoms with Crippen molar-refractivity contribution in [2.45, 2.75) is 13.3 Å². The van der Waals surface area contributed by atoms with Gasteiger partial charge < -0.3 is 11.1 Å². The van der Waals surface area contributed by atoms with Crippen LogP contribution >= 0.6 is 0 Å². The fourth-order valence-corrected chi connectivity index (χ4v) is 1.42. The predicted octanol–water partition coefficient (Wildman–Crippen LogP) is 1.34. The molecule has 0 heterocycles. The number of hydrogen-bond acceptors (Lipinski definition) is 2. The minimum atomic E-state index is -0.0125. The van der Waals surface area contributed by atoms with Gasteiger partial charge in [-0.3, -0.25) is 4.79 Å². The maximum atomic E-state index is 10.6. The molecule has 1 aromatic rings. The average Bonchev–Trinajstić information content (AvgIpc) is 2.25. The van der Waals surface area contributed by atoms with Gasteiger partial charge in [0.15, 0.2) is 0 Å². The SMILES string of the molecule is CC(=O)NCC=Cc1cccc(CCN)c1. The molecular weight excluding hydrogens is 200 g/mol. The molecule has 1 amide bonds. The van der Waals surface area contributed by atoms with Crippen molar-refractivity contribution >= 4 is 12.0 Å². The highest BCUT2D eigenvalue weighted by atomic mass is 16.1. The molecule has 16 heavy (non-hydrogen) atoms. The highest BCUT2D eigenvalue weighted by Gasteiger charge is 1.92. The van der Waals surface area contributed by atoms with E-state index < -0.39 is 0 Å². The summed E-state index contributed by atoms with van der Waals surface area (Å²) >= 11 is 0. The number of rotatable bonds is 5. The maximum absolute atomic E-state index is 10.6. The lowest BCUT2D eigenvalue weighted by Gasteiger charge is -2.00. The van der Waals surface area contributed by atoms with E-state index in [1.165, 1.54) is 12.5 Å². The first-order valence-corrected chi connectivity index (χ1v) is 5.42. The van der Waals surface area contributed by atoms with Crippen molar-refractivity contribution in [3.05, 3.63) is 41.5 Å². The van der Waals surface area contributed by atoms with Crippen molar-refractivity contribution in [2.75, 3.05) is 13.1 Å². The maximum Gasteiger partial charge on any atom is 0.217 e. The Morgan fingerprint density at radius 1 is 1.50 bits per heavy atom. The lowest BCUT2D eigenvalue weighted by molar-refractivity contribution is -0.118. The molecule has 0 unspecified atom stereocenters. The number of hydrogen-bond donors (Lipinski definition) is 2. The topological polar surface area (TPSA) is 55.1 Å². The second kappa shape index (κ2) is 6.80. The van der Waals surface area contributed by atoms with Crippen LogP contribution in [0.15, 0.2) is 30.3 Å². The largest absolute Gasteiger partial charge is 0.353 e. The molecule has 0 saturated carbocycles. The lowest BCUT2D eigenvalue weighted by atomic mass is 10.1. The highest BCUT2D eigenvalue weighted by molar-refractivity contribution is 5.73. The minimum absolute atomic E-state index is 0.0125. The van der Waals surface area contributed by atoms with Crippen LogP contribution < -0.4 is 11.1 Å². The van der Waals surface area contributed by atoms with Gasteiger partial charge in [0, 0.05) is 13.5 Å². The molecule has 0 aliphatic heterocycles. The monoisotopic (exact) mass is 218 g/mol. The molecule has 1 rings (SSSR count). The third-order valence-corrected chi connectivity index (χ3v) is 2.16. The van der Waals surface area contributed by atoms with Crippen LogP contribution in [-0.2, 0) is 11.2 Å². The summed E-state index contributed by atoms with van der Waals surface area (Å²) in [5.74, 6) is -0.0125. The molecule has 1 aromatic carbocycles. The Morgan fingerprint density at radius 3 is 3.00 bits per heavy atom. The van der Waals surface area contributed by atoms with Crippen molar-refractivity contribution in [2.24, 2.45) is 5.73 Å². The summed E-state index contributed by atoms with van der Waals surface area (Å²) in [4.78, 5) is 10.6. The van der Waals surface area contributed by atoms with E-state index >= 15 is 0 Å². The van der Waals surface area contributed by atoms with E-state index in [2.05, 4.69) is 17.4 Å². The van der Waals surface area contributed by atoms with Crippen LogP contribution in [0.5, 0.6) is 0 Å². The van der Waals surface area contributed by atoms with Gasteiger partial charge in [-0.2, -0.15) is 0 Å². The molecule has 0 aromatic heterocycles. The molecular formula is C13H18N2O. The fourth-order valence-electron chi connectivity index (χ4n) is 1.42. The number of carbonyl (C=O) groups excluding carboxylic acids is 1. The molecule has 0 fully saturated rings. The van der Waals surface area contributed by atoms with Crippen LogP contribution in [0, 0.1) is 0 Å². The molecule has 3 nitrogen and oxygen atoms in total. The summed E-state index contributed by atoms with van der Waals surface area (Å²) in [7, 11) is 0. The van der Waals surface area contributed by atoms with Crippen molar-refractivity contribution in [3.63, 3.8) is 0 Å². The third-order valence-electron chi connectivity index (χ3n) is 2.16. The average molecular weight is 218 g/mol. The second-order valence-electron chi connectivity index (χ2n) is 3.62. The third kappa shape index (κ3) is 4.75. The molecule has 3 N–H and O–H groups in total. The number of carbonyl (C=O) groups is 1. The van der Waals surface area contributed by atoms with E-state index in [0.29, 0.717) is 13.1 Å². The Balaban J connectivity index is 2.52. The van der Waals surface area contributed by atoms with Gasteiger partial charge in [0.1, 0.15) is 0 Å². The quantitative estimate of drug-likeness (QED) is 0.783. The molecule has 0 bridgehead atoms. The Hall–Kier alpha value is -1.61. The summed E-state index contributed by atoms with van der Waals surface area (Å²) in [6.45, 7) is 2.74. The normalized spacial score (nSPS) is 10.6. The number of nitrogens with one attached hydrogen (secondary N) is 1. The zero-order valence-corrected chi connectivity index (χ0v) is 9.57. The van der Waals surface area contributed by atoms with Crippen molar-refractivity contribution in [3.8, 4) is 0 Å². The molecule has 0 atom stereocenters.